The number of anilines is 1. The van der Waals surface area contributed by atoms with Crippen LogP contribution >= 0.6 is 11.6 Å². The molecule has 4 N–H and O–H groups in total. The van der Waals surface area contributed by atoms with E-state index in [2.05, 4.69) is 4.98 Å². The number of halogens is 1. The number of rotatable bonds is 3. The van der Waals surface area contributed by atoms with Crippen molar-refractivity contribution < 1.29 is 9.53 Å². The van der Waals surface area contributed by atoms with Crippen molar-refractivity contribution in [3.05, 3.63) is 47.2 Å². The van der Waals surface area contributed by atoms with Crippen molar-refractivity contribution in [3.63, 3.8) is 0 Å². The molecule has 6 heteroatoms. The number of carbonyl (C=O) groups excluding carboxylic acids is 1. The van der Waals surface area contributed by atoms with E-state index in [0.29, 0.717) is 22.2 Å². The molecule has 92 valence electrons. The van der Waals surface area contributed by atoms with Crippen LogP contribution in [0.2, 0.25) is 5.02 Å². The molecule has 5 nitrogen and oxygen atoms in total. The van der Waals surface area contributed by atoms with Crippen LogP contribution in [0.1, 0.15) is 10.5 Å². The van der Waals surface area contributed by atoms with Crippen molar-refractivity contribution in [2.75, 3.05) is 5.73 Å². The Morgan fingerprint density at radius 3 is 2.78 bits per heavy atom. The number of amides is 1. The van der Waals surface area contributed by atoms with Gasteiger partial charge in [-0.1, -0.05) is 11.6 Å². The molecule has 0 saturated carbocycles. The molecule has 0 fully saturated rings. The summed E-state index contributed by atoms with van der Waals surface area (Å²) in [5, 5.41) is 0.418. The zero-order valence-electron chi connectivity index (χ0n) is 9.26. The molecule has 0 spiro atoms. The lowest BCUT2D eigenvalue weighted by Crippen LogP contribution is -2.12. The SMILES string of the molecule is NC(=O)c1cc(Oc2cc(N)ccc2Cl)ccn1. The predicted molar refractivity (Wildman–Crippen MR) is 68.7 cm³/mol. The highest BCUT2D eigenvalue weighted by Gasteiger charge is 2.07. The van der Waals surface area contributed by atoms with Crippen molar-refractivity contribution in [2.45, 2.75) is 0 Å². The fourth-order valence-corrected chi connectivity index (χ4v) is 1.49. The first kappa shape index (κ1) is 12.2. The Morgan fingerprint density at radius 1 is 1.28 bits per heavy atom. The van der Waals surface area contributed by atoms with Crippen LogP contribution < -0.4 is 16.2 Å². The van der Waals surface area contributed by atoms with Crippen LogP contribution in [0.3, 0.4) is 0 Å². The van der Waals surface area contributed by atoms with E-state index in [1.54, 1.807) is 24.3 Å². The monoisotopic (exact) mass is 263 g/mol. The molecule has 0 aliphatic rings. The van der Waals surface area contributed by atoms with Gasteiger partial charge in [-0.05, 0) is 18.2 Å². The number of carbonyl (C=O) groups is 1. The van der Waals surface area contributed by atoms with Gasteiger partial charge in [0.05, 0.1) is 5.02 Å². The van der Waals surface area contributed by atoms with Crippen molar-refractivity contribution in [1.29, 1.82) is 0 Å². The Labute approximate surface area is 108 Å². The first-order valence-corrected chi connectivity index (χ1v) is 5.43. The number of nitrogen functional groups attached to an aromatic ring is 1. The summed E-state index contributed by atoms with van der Waals surface area (Å²) in [6, 6.07) is 7.90. The van der Waals surface area contributed by atoms with Gasteiger partial charge < -0.3 is 16.2 Å². The second kappa shape index (κ2) is 4.93. The molecule has 0 bridgehead atoms. The number of primary amides is 1. The summed E-state index contributed by atoms with van der Waals surface area (Å²) >= 11 is 5.96. The highest BCUT2D eigenvalue weighted by molar-refractivity contribution is 6.32. The smallest absolute Gasteiger partial charge is 0.267 e. The van der Waals surface area contributed by atoms with Crippen LogP contribution in [0, 0.1) is 0 Å². The van der Waals surface area contributed by atoms with E-state index in [-0.39, 0.29) is 5.69 Å². The maximum absolute atomic E-state index is 11.0. The Morgan fingerprint density at radius 2 is 2.06 bits per heavy atom. The molecule has 2 rings (SSSR count). The lowest BCUT2D eigenvalue weighted by Gasteiger charge is -2.08. The van der Waals surface area contributed by atoms with Crippen molar-refractivity contribution in [3.8, 4) is 11.5 Å². The highest BCUT2D eigenvalue weighted by atomic mass is 35.5. The third-order valence-corrected chi connectivity index (χ3v) is 2.48. The lowest BCUT2D eigenvalue weighted by molar-refractivity contribution is 0.0995. The Bertz CT molecular complexity index is 602. The number of ether oxygens (including phenoxy) is 1. The van der Waals surface area contributed by atoms with Gasteiger partial charge in [0.1, 0.15) is 17.2 Å². The molecular weight excluding hydrogens is 254 g/mol. The van der Waals surface area contributed by atoms with Crippen LogP contribution in [-0.4, -0.2) is 10.9 Å². The summed E-state index contributed by atoms with van der Waals surface area (Å²) in [6.45, 7) is 0. The molecular formula is C12H10ClN3O2. The first-order valence-electron chi connectivity index (χ1n) is 5.05. The van der Waals surface area contributed by atoms with Crippen molar-refractivity contribution >= 4 is 23.2 Å². The average molecular weight is 264 g/mol. The normalized spacial score (nSPS) is 10.1. The van der Waals surface area contributed by atoms with E-state index in [1.807, 2.05) is 0 Å². The standard InChI is InChI=1S/C12H10ClN3O2/c13-9-2-1-7(14)5-11(9)18-8-3-4-16-10(6-8)12(15)17/h1-6H,14H2,(H2,15,17). The number of nitrogens with two attached hydrogens (primary N) is 2. The third-order valence-electron chi connectivity index (χ3n) is 2.17. The predicted octanol–water partition coefficient (Wildman–Crippen LogP) is 2.21. The number of hydrogen-bond acceptors (Lipinski definition) is 4. The van der Waals surface area contributed by atoms with Gasteiger partial charge in [0, 0.05) is 24.0 Å². The summed E-state index contributed by atoms with van der Waals surface area (Å²) in [6.07, 6.45) is 1.43. The molecule has 18 heavy (non-hydrogen) atoms. The molecule has 0 aliphatic carbocycles. The van der Waals surface area contributed by atoms with Gasteiger partial charge in [-0.3, -0.25) is 9.78 Å². The number of aromatic nitrogens is 1. The Kier molecular flexibility index (Phi) is 3.34. The average Bonchev–Trinajstić information content (AvgIpc) is 2.34. The number of benzene rings is 1. The van der Waals surface area contributed by atoms with Gasteiger partial charge in [-0.2, -0.15) is 0 Å². The first-order chi connectivity index (χ1) is 8.56. The summed E-state index contributed by atoms with van der Waals surface area (Å²) < 4.78 is 5.52. The Hall–Kier alpha value is -2.27. The summed E-state index contributed by atoms with van der Waals surface area (Å²) in [5.74, 6) is 0.184. The number of hydrogen-bond donors (Lipinski definition) is 2. The minimum Gasteiger partial charge on any atom is -0.456 e. The second-order valence-electron chi connectivity index (χ2n) is 3.53. The van der Waals surface area contributed by atoms with E-state index in [9.17, 15) is 4.79 Å². The number of nitrogens with zero attached hydrogens (tertiary/aromatic N) is 1. The van der Waals surface area contributed by atoms with E-state index in [1.165, 1.54) is 12.3 Å². The van der Waals surface area contributed by atoms with Gasteiger partial charge in [0.15, 0.2) is 0 Å². The Balaban J connectivity index is 2.31. The minimum atomic E-state index is -0.626. The zero-order valence-corrected chi connectivity index (χ0v) is 10.0. The van der Waals surface area contributed by atoms with E-state index < -0.39 is 5.91 Å². The maximum atomic E-state index is 11.0. The molecule has 0 radical (unpaired) electrons. The molecule has 1 aromatic heterocycles. The molecule has 1 aromatic carbocycles. The van der Waals surface area contributed by atoms with Gasteiger partial charge in [0.25, 0.3) is 5.91 Å². The van der Waals surface area contributed by atoms with Crippen LogP contribution in [0.15, 0.2) is 36.5 Å². The van der Waals surface area contributed by atoms with Crippen LogP contribution in [0.4, 0.5) is 5.69 Å². The maximum Gasteiger partial charge on any atom is 0.267 e. The van der Waals surface area contributed by atoms with Gasteiger partial charge in [0.2, 0.25) is 0 Å². The topological polar surface area (TPSA) is 91.2 Å². The lowest BCUT2D eigenvalue weighted by atomic mass is 10.3. The fourth-order valence-electron chi connectivity index (χ4n) is 1.33. The van der Waals surface area contributed by atoms with Gasteiger partial charge >= 0.3 is 0 Å². The molecule has 0 unspecified atom stereocenters. The van der Waals surface area contributed by atoms with Crippen LogP contribution in [0.25, 0.3) is 0 Å². The second-order valence-corrected chi connectivity index (χ2v) is 3.94. The van der Waals surface area contributed by atoms with Crippen molar-refractivity contribution in [1.82, 2.24) is 4.98 Å². The molecule has 0 aliphatic heterocycles. The quantitative estimate of drug-likeness (QED) is 0.831. The summed E-state index contributed by atoms with van der Waals surface area (Å²) in [7, 11) is 0. The molecule has 1 heterocycles. The van der Waals surface area contributed by atoms with Crippen LogP contribution in [-0.2, 0) is 0 Å². The number of pyridine rings is 1. The van der Waals surface area contributed by atoms with Gasteiger partial charge in [-0.25, -0.2) is 0 Å². The third kappa shape index (κ3) is 2.70. The highest BCUT2D eigenvalue weighted by Crippen LogP contribution is 2.30. The molecule has 0 atom stereocenters. The zero-order chi connectivity index (χ0) is 13.1. The molecule has 1 amide bonds. The van der Waals surface area contributed by atoms with E-state index >= 15 is 0 Å². The summed E-state index contributed by atoms with van der Waals surface area (Å²) in [4.78, 5) is 14.8. The summed E-state index contributed by atoms with van der Waals surface area (Å²) in [5.41, 5.74) is 11.4. The fraction of sp³-hybridized carbons (Fsp3) is 0. The van der Waals surface area contributed by atoms with E-state index in [0.717, 1.165) is 0 Å². The van der Waals surface area contributed by atoms with E-state index in [4.69, 9.17) is 27.8 Å². The van der Waals surface area contributed by atoms with Crippen molar-refractivity contribution in [2.24, 2.45) is 5.73 Å². The van der Waals surface area contributed by atoms with Crippen LogP contribution in [0.5, 0.6) is 11.5 Å². The molecule has 2 aromatic rings. The minimum absolute atomic E-state index is 0.118. The van der Waals surface area contributed by atoms with Gasteiger partial charge in [-0.15, -0.1) is 0 Å². The molecule has 0 saturated heterocycles. The largest absolute Gasteiger partial charge is 0.456 e.